The molecule has 0 heterocycles. The predicted octanol–water partition coefficient (Wildman–Crippen LogP) is 0.548. The Hall–Kier alpha value is 0.0938. The first-order chi connectivity index (χ1) is 6.41. The maximum Gasteiger partial charge on any atom is 0.145 e. The topological polar surface area (TPSA) is 18.5 Å². The lowest BCUT2D eigenvalue weighted by Gasteiger charge is -2.01. The van der Waals surface area contributed by atoms with Crippen molar-refractivity contribution in [1.29, 1.82) is 0 Å². The van der Waals surface area contributed by atoms with Crippen molar-refractivity contribution < 1.29 is 8.85 Å². The smallest absolute Gasteiger partial charge is 0.145 e. The Morgan fingerprint density at radius 2 is 2.00 bits per heavy atom. The van der Waals surface area contributed by atoms with Crippen LogP contribution in [0, 0.1) is 0 Å². The Bertz CT molecular complexity index is 110. The van der Waals surface area contributed by atoms with Gasteiger partial charge in [-0.05, 0) is 12.5 Å². The van der Waals surface area contributed by atoms with Crippen LogP contribution in [0.2, 0.25) is 6.04 Å². The van der Waals surface area contributed by atoms with E-state index in [1.54, 1.807) is 6.08 Å². The number of hydrogen-bond donors (Lipinski definition) is 0. The van der Waals surface area contributed by atoms with Gasteiger partial charge in [-0.1, -0.05) is 25.3 Å². The third-order valence-corrected chi connectivity index (χ3v) is 4.29. The predicted molar refractivity (Wildman–Crippen MR) is 63.9 cm³/mol. The molecule has 0 aliphatic heterocycles. The molecule has 0 bridgehead atoms. The standard InChI is InChI=1S/C9H22O2Si2/c1-2-7-10-8-5-3-4-6-9-13-11-12/h2H,1,3-9,13H2,12H3. The number of ether oxygens (including phenoxy) is 1. The van der Waals surface area contributed by atoms with Crippen molar-refractivity contribution in [3.05, 3.63) is 12.7 Å². The molecule has 2 nitrogen and oxygen atoms in total. The fourth-order valence-electron chi connectivity index (χ4n) is 1.15. The van der Waals surface area contributed by atoms with E-state index in [1.165, 1.54) is 31.7 Å². The minimum atomic E-state index is -0.109. The molecule has 78 valence electrons. The fourth-order valence-corrected chi connectivity index (χ4v) is 2.86. The van der Waals surface area contributed by atoms with Gasteiger partial charge in [0.05, 0.1) is 6.61 Å². The molecule has 0 atom stereocenters. The summed E-state index contributed by atoms with van der Waals surface area (Å²) in [5.41, 5.74) is 0. The van der Waals surface area contributed by atoms with Crippen molar-refractivity contribution in [2.75, 3.05) is 13.2 Å². The molecule has 0 unspecified atom stereocenters. The Kier molecular flexibility index (Phi) is 12.2. The second kappa shape index (κ2) is 12.1. The van der Waals surface area contributed by atoms with Crippen LogP contribution in [-0.2, 0) is 8.85 Å². The number of rotatable bonds is 10. The zero-order chi connectivity index (χ0) is 9.78. The van der Waals surface area contributed by atoms with Crippen LogP contribution in [0.15, 0.2) is 12.7 Å². The summed E-state index contributed by atoms with van der Waals surface area (Å²) in [5, 5.41) is 0. The highest BCUT2D eigenvalue weighted by atomic mass is 28.3. The summed E-state index contributed by atoms with van der Waals surface area (Å²) in [4.78, 5) is 0. The lowest BCUT2D eigenvalue weighted by molar-refractivity contribution is 0.157. The molecule has 0 rings (SSSR count). The van der Waals surface area contributed by atoms with Crippen molar-refractivity contribution in [1.82, 2.24) is 0 Å². The van der Waals surface area contributed by atoms with Gasteiger partial charge in [-0.2, -0.15) is 0 Å². The molecule has 0 N–H and O–H groups in total. The second-order valence-corrected chi connectivity index (χ2v) is 6.55. The highest BCUT2D eigenvalue weighted by molar-refractivity contribution is 6.34. The molecule has 0 aromatic heterocycles. The summed E-state index contributed by atoms with van der Waals surface area (Å²) in [7, 11) is 0.833. The number of unbranched alkanes of at least 4 members (excludes halogenated alkanes) is 3. The summed E-state index contributed by atoms with van der Waals surface area (Å²) < 4.78 is 10.5. The summed E-state index contributed by atoms with van der Waals surface area (Å²) in [6.45, 7) is 5.18. The summed E-state index contributed by atoms with van der Waals surface area (Å²) in [5.74, 6) is 0. The van der Waals surface area contributed by atoms with E-state index in [9.17, 15) is 0 Å². The van der Waals surface area contributed by atoms with E-state index < -0.39 is 0 Å². The molecule has 0 saturated heterocycles. The maximum atomic E-state index is 5.28. The zero-order valence-electron chi connectivity index (χ0n) is 8.76. The summed E-state index contributed by atoms with van der Waals surface area (Å²) >= 11 is 0. The number of hydrogen-bond acceptors (Lipinski definition) is 2. The van der Waals surface area contributed by atoms with Crippen molar-refractivity contribution in [3.63, 3.8) is 0 Å². The average Bonchev–Trinajstić information content (AvgIpc) is 2.16. The van der Waals surface area contributed by atoms with E-state index in [2.05, 4.69) is 6.58 Å². The molecule has 0 aliphatic carbocycles. The van der Waals surface area contributed by atoms with Gasteiger partial charge in [-0.3, -0.25) is 0 Å². The Balaban J connectivity index is 2.79. The van der Waals surface area contributed by atoms with Crippen LogP contribution in [0.4, 0.5) is 0 Å². The first-order valence-corrected chi connectivity index (χ1v) is 7.48. The van der Waals surface area contributed by atoms with E-state index in [-0.39, 0.29) is 9.76 Å². The van der Waals surface area contributed by atoms with Gasteiger partial charge in [0.15, 0.2) is 0 Å². The monoisotopic (exact) mass is 218 g/mol. The fraction of sp³-hybridized carbons (Fsp3) is 0.778. The van der Waals surface area contributed by atoms with Crippen molar-refractivity contribution in [2.24, 2.45) is 0 Å². The zero-order valence-corrected chi connectivity index (χ0v) is 12.2. The van der Waals surface area contributed by atoms with Crippen LogP contribution in [0.3, 0.4) is 0 Å². The third-order valence-electron chi connectivity index (χ3n) is 1.87. The minimum Gasteiger partial charge on any atom is -0.468 e. The molecule has 0 spiro atoms. The van der Waals surface area contributed by atoms with E-state index >= 15 is 0 Å². The minimum absolute atomic E-state index is 0.109. The molecule has 0 fully saturated rings. The Morgan fingerprint density at radius 3 is 2.69 bits per heavy atom. The van der Waals surface area contributed by atoms with Crippen LogP contribution in [0.1, 0.15) is 25.7 Å². The Labute approximate surface area is 87.2 Å². The molecule has 0 aromatic carbocycles. The van der Waals surface area contributed by atoms with Gasteiger partial charge in [-0.25, -0.2) is 0 Å². The second-order valence-electron chi connectivity index (χ2n) is 3.12. The summed E-state index contributed by atoms with van der Waals surface area (Å²) in [6, 6.07) is 1.36. The molecule has 0 aliphatic rings. The van der Waals surface area contributed by atoms with Gasteiger partial charge < -0.3 is 8.85 Å². The van der Waals surface area contributed by atoms with Crippen LogP contribution in [-0.4, -0.2) is 33.5 Å². The van der Waals surface area contributed by atoms with Gasteiger partial charge in [0.25, 0.3) is 0 Å². The highest BCUT2D eigenvalue weighted by Crippen LogP contribution is 2.03. The van der Waals surface area contributed by atoms with Crippen LogP contribution in [0.5, 0.6) is 0 Å². The Morgan fingerprint density at radius 1 is 1.23 bits per heavy atom. The van der Waals surface area contributed by atoms with E-state index in [4.69, 9.17) is 8.85 Å². The van der Waals surface area contributed by atoms with Gasteiger partial charge in [0.1, 0.15) is 20.2 Å². The van der Waals surface area contributed by atoms with E-state index in [0.29, 0.717) is 6.61 Å². The van der Waals surface area contributed by atoms with Crippen molar-refractivity contribution in [3.8, 4) is 0 Å². The highest BCUT2D eigenvalue weighted by Gasteiger charge is 1.90. The van der Waals surface area contributed by atoms with Gasteiger partial charge >= 0.3 is 0 Å². The normalized spacial score (nSPS) is 11.4. The van der Waals surface area contributed by atoms with Crippen molar-refractivity contribution >= 4 is 20.2 Å². The lowest BCUT2D eigenvalue weighted by Crippen LogP contribution is -1.95. The largest absolute Gasteiger partial charge is 0.468 e. The molecule has 13 heavy (non-hydrogen) atoms. The van der Waals surface area contributed by atoms with E-state index in [0.717, 1.165) is 17.1 Å². The van der Waals surface area contributed by atoms with Gasteiger partial charge in [0, 0.05) is 6.61 Å². The van der Waals surface area contributed by atoms with Crippen LogP contribution < -0.4 is 0 Å². The van der Waals surface area contributed by atoms with Crippen LogP contribution >= 0.6 is 0 Å². The maximum absolute atomic E-state index is 5.28. The molecular formula is C9H22O2Si2. The van der Waals surface area contributed by atoms with Crippen LogP contribution in [0.25, 0.3) is 0 Å². The van der Waals surface area contributed by atoms with E-state index in [1.807, 2.05) is 0 Å². The third kappa shape index (κ3) is 12.1. The molecule has 0 radical (unpaired) electrons. The lowest BCUT2D eigenvalue weighted by atomic mass is 10.2. The SMILES string of the molecule is C=CCOCCCCCC[SiH2]O[SiH3]. The van der Waals surface area contributed by atoms with Gasteiger partial charge in [-0.15, -0.1) is 6.58 Å². The molecule has 4 heteroatoms. The summed E-state index contributed by atoms with van der Waals surface area (Å²) in [6.07, 6.45) is 6.99. The first-order valence-electron chi connectivity index (χ1n) is 5.09. The molecule has 0 aromatic rings. The van der Waals surface area contributed by atoms with Crippen molar-refractivity contribution in [2.45, 2.75) is 31.7 Å². The quantitative estimate of drug-likeness (QED) is 0.303. The van der Waals surface area contributed by atoms with Gasteiger partial charge in [0.2, 0.25) is 0 Å². The molecule has 0 amide bonds. The first kappa shape index (κ1) is 13.1. The average molecular weight is 218 g/mol. The molecule has 0 saturated carbocycles. The molecular weight excluding hydrogens is 196 g/mol.